The topological polar surface area (TPSA) is 23.6 Å². The van der Waals surface area contributed by atoms with Crippen molar-refractivity contribution < 1.29 is 4.79 Å². The Morgan fingerprint density at radius 2 is 1.71 bits per heavy atom. The molecule has 1 heterocycles. The standard InChI is InChI=1S/C12H20N2O.C2H6/c1-3-4-5-6-7-12(15)14-10-8-13(2)9-11-14;1-2/h3,6-11H2,1-2H3;1-2H3. The molecule has 3 heteroatoms. The molecule has 1 aliphatic rings. The first-order valence-corrected chi connectivity index (χ1v) is 6.66. The first-order chi connectivity index (χ1) is 8.24. The summed E-state index contributed by atoms with van der Waals surface area (Å²) >= 11 is 0. The van der Waals surface area contributed by atoms with Crippen molar-refractivity contribution in [1.82, 2.24) is 9.80 Å². The van der Waals surface area contributed by atoms with E-state index in [0.717, 1.165) is 32.6 Å². The Morgan fingerprint density at radius 3 is 2.24 bits per heavy atom. The van der Waals surface area contributed by atoms with Crippen molar-refractivity contribution in [3.8, 4) is 11.8 Å². The highest BCUT2D eigenvalue weighted by Gasteiger charge is 2.17. The summed E-state index contributed by atoms with van der Waals surface area (Å²) in [6.45, 7) is 9.75. The molecule has 0 unspecified atom stereocenters. The second-order valence-electron chi connectivity index (χ2n) is 3.89. The molecule has 0 aromatic heterocycles. The van der Waals surface area contributed by atoms with Crippen molar-refractivity contribution in [2.45, 2.75) is 40.0 Å². The molecular formula is C14H26N2O. The van der Waals surface area contributed by atoms with Crippen molar-refractivity contribution in [1.29, 1.82) is 0 Å². The van der Waals surface area contributed by atoms with E-state index in [-0.39, 0.29) is 5.91 Å². The van der Waals surface area contributed by atoms with Gasteiger partial charge in [0.2, 0.25) is 5.91 Å². The van der Waals surface area contributed by atoms with Gasteiger partial charge in [-0.15, -0.1) is 11.8 Å². The van der Waals surface area contributed by atoms with E-state index in [1.165, 1.54) is 0 Å². The molecule has 1 saturated heterocycles. The monoisotopic (exact) mass is 238 g/mol. The highest BCUT2D eigenvalue weighted by Crippen LogP contribution is 2.03. The lowest BCUT2D eigenvalue weighted by Gasteiger charge is -2.32. The van der Waals surface area contributed by atoms with E-state index in [4.69, 9.17) is 0 Å². The lowest BCUT2D eigenvalue weighted by molar-refractivity contribution is -0.132. The molecule has 1 aliphatic heterocycles. The van der Waals surface area contributed by atoms with Crippen molar-refractivity contribution in [2.75, 3.05) is 33.2 Å². The first kappa shape index (κ1) is 16.0. The highest BCUT2D eigenvalue weighted by atomic mass is 16.2. The summed E-state index contributed by atoms with van der Waals surface area (Å²) in [5.74, 6) is 6.25. The maximum absolute atomic E-state index is 11.7. The minimum atomic E-state index is 0.258. The van der Waals surface area contributed by atoms with Gasteiger partial charge in [-0.1, -0.05) is 20.8 Å². The van der Waals surface area contributed by atoms with Gasteiger partial charge in [-0.2, -0.15) is 0 Å². The van der Waals surface area contributed by atoms with Crippen LogP contribution >= 0.6 is 0 Å². The Bertz CT molecular complexity index is 257. The molecule has 0 atom stereocenters. The van der Waals surface area contributed by atoms with Gasteiger partial charge in [0.15, 0.2) is 0 Å². The predicted molar refractivity (Wildman–Crippen MR) is 72.7 cm³/mol. The summed E-state index contributed by atoms with van der Waals surface area (Å²) in [6, 6.07) is 0. The molecule has 98 valence electrons. The molecule has 0 aromatic carbocycles. The van der Waals surface area contributed by atoms with Gasteiger partial charge in [-0.3, -0.25) is 4.79 Å². The van der Waals surface area contributed by atoms with E-state index >= 15 is 0 Å². The van der Waals surface area contributed by atoms with E-state index in [1.807, 2.05) is 25.7 Å². The number of likely N-dealkylation sites (N-methyl/N-ethyl adjacent to an activating group) is 1. The van der Waals surface area contributed by atoms with Gasteiger partial charge in [0.1, 0.15) is 0 Å². The molecule has 0 aromatic rings. The number of hydrogen-bond donors (Lipinski definition) is 0. The molecule has 3 nitrogen and oxygen atoms in total. The Hall–Kier alpha value is -1.01. The van der Waals surface area contributed by atoms with Crippen LogP contribution in [0.3, 0.4) is 0 Å². The predicted octanol–water partition coefficient (Wildman–Crippen LogP) is 1.98. The average Bonchev–Trinajstić information content (AvgIpc) is 2.38. The number of amides is 1. The Morgan fingerprint density at radius 1 is 1.12 bits per heavy atom. The van der Waals surface area contributed by atoms with Gasteiger partial charge in [0, 0.05) is 45.4 Å². The van der Waals surface area contributed by atoms with Crippen LogP contribution < -0.4 is 0 Å². The summed E-state index contributed by atoms with van der Waals surface area (Å²) in [5, 5.41) is 0. The molecule has 0 spiro atoms. The maximum Gasteiger partial charge on any atom is 0.223 e. The quantitative estimate of drug-likeness (QED) is 0.687. The van der Waals surface area contributed by atoms with Crippen LogP contribution in [-0.4, -0.2) is 48.9 Å². The fourth-order valence-corrected chi connectivity index (χ4v) is 1.60. The lowest BCUT2D eigenvalue weighted by atomic mass is 10.2. The first-order valence-electron chi connectivity index (χ1n) is 6.66. The molecule has 17 heavy (non-hydrogen) atoms. The van der Waals surface area contributed by atoms with Crippen LogP contribution in [0.2, 0.25) is 0 Å². The normalized spacial score (nSPS) is 15.4. The van der Waals surface area contributed by atoms with Crippen LogP contribution in [0.1, 0.15) is 40.0 Å². The summed E-state index contributed by atoms with van der Waals surface area (Å²) < 4.78 is 0. The smallest absolute Gasteiger partial charge is 0.223 e. The van der Waals surface area contributed by atoms with Gasteiger partial charge in [0.25, 0.3) is 0 Å². The fourth-order valence-electron chi connectivity index (χ4n) is 1.60. The van der Waals surface area contributed by atoms with Gasteiger partial charge in [-0.05, 0) is 7.05 Å². The number of carbonyl (C=O) groups excluding carboxylic acids is 1. The van der Waals surface area contributed by atoms with E-state index in [1.54, 1.807) is 0 Å². The third-order valence-electron chi connectivity index (χ3n) is 2.62. The average molecular weight is 238 g/mol. The molecular weight excluding hydrogens is 212 g/mol. The van der Waals surface area contributed by atoms with E-state index < -0.39 is 0 Å². The number of hydrogen-bond acceptors (Lipinski definition) is 2. The van der Waals surface area contributed by atoms with Crippen LogP contribution in [0.15, 0.2) is 0 Å². The molecule has 0 aliphatic carbocycles. The maximum atomic E-state index is 11.7. The van der Waals surface area contributed by atoms with Crippen LogP contribution in [0.4, 0.5) is 0 Å². The van der Waals surface area contributed by atoms with Gasteiger partial charge in [-0.25, -0.2) is 0 Å². The fraction of sp³-hybridized carbons (Fsp3) is 0.786. The second-order valence-corrected chi connectivity index (χ2v) is 3.89. The van der Waals surface area contributed by atoms with E-state index in [2.05, 4.69) is 23.8 Å². The summed E-state index contributed by atoms with van der Waals surface area (Å²) in [5.41, 5.74) is 0. The largest absolute Gasteiger partial charge is 0.340 e. The highest BCUT2D eigenvalue weighted by molar-refractivity contribution is 5.76. The zero-order chi connectivity index (χ0) is 13.1. The zero-order valence-corrected chi connectivity index (χ0v) is 11.8. The number of carbonyl (C=O) groups is 1. The summed E-state index contributed by atoms with van der Waals surface area (Å²) in [6.07, 6.45) is 2.17. The summed E-state index contributed by atoms with van der Waals surface area (Å²) in [4.78, 5) is 15.9. The van der Waals surface area contributed by atoms with Crippen molar-refractivity contribution in [3.63, 3.8) is 0 Å². The minimum Gasteiger partial charge on any atom is -0.340 e. The van der Waals surface area contributed by atoms with Crippen LogP contribution in [0, 0.1) is 11.8 Å². The third kappa shape index (κ3) is 7.01. The van der Waals surface area contributed by atoms with E-state index in [9.17, 15) is 4.79 Å². The molecule has 1 amide bonds. The molecule has 0 bridgehead atoms. The Kier molecular flexibility index (Phi) is 9.56. The SMILES string of the molecule is CC.CCC#CCCC(=O)N1CCN(C)CC1. The number of rotatable bonds is 2. The van der Waals surface area contributed by atoms with Gasteiger partial charge in [0.05, 0.1) is 0 Å². The lowest BCUT2D eigenvalue weighted by Crippen LogP contribution is -2.47. The van der Waals surface area contributed by atoms with E-state index in [0.29, 0.717) is 12.8 Å². The molecule has 1 rings (SSSR count). The van der Waals surface area contributed by atoms with Crippen molar-refractivity contribution >= 4 is 5.91 Å². The number of piperazine rings is 1. The van der Waals surface area contributed by atoms with Gasteiger partial charge < -0.3 is 9.80 Å². The second kappa shape index (κ2) is 10.2. The molecule has 0 radical (unpaired) electrons. The number of nitrogens with zero attached hydrogens (tertiary/aromatic N) is 2. The van der Waals surface area contributed by atoms with Crippen molar-refractivity contribution in [3.05, 3.63) is 0 Å². The van der Waals surface area contributed by atoms with Crippen LogP contribution in [-0.2, 0) is 4.79 Å². The Labute approximate surface area is 106 Å². The molecule has 0 saturated carbocycles. The van der Waals surface area contributed by atoms with Crippen LogP contribution in [0.5, 0.6) is 0 Å². The van der Waals surface area contributed by atoms with Crippen LogP contribution in [0.25, 0.3) is 0 Å². The van der Waals surface area contributed by atoms with Crippen molar-refractivity contribution in [2.24, 2.45) is 0 Å². The minimum absolute atomic E-state index is 0.258. The van der Waals surface area contributed by atoms with Gasteiger partial charge >= 0.3 is 0 Å². The molecule has 0 N–H and O–H groups in total. The zero-order valence-electron chi connectivity index (χ0n) is 11.8. The third-order valence-corrected chi connectivity index (χ3v) is 2.62. The molecule has 1 fully saturated rings. The summed E-state index contributed by atoms with van der Waals surface area (Å²) in [7, 11) is 2.09. The Balaban J connectivity index is 0.00000121.